The molecule has 2 aromatic carbocycles. The molecule has 0 aliphatic carbocycles. The third-order valence-electron chi connectivity index (χ3n) is 3.85. The molecule has 3 rings (SSSR count). The number of carbonyl (C=O) groups excluding carboxylic acids is 1. The summed E-state index contributed by atoms with van der Waals surface area (Å²) in [6.07, 6.45) is 1.46. The average Bonchev–Trinajstić information content (AvgIpc) is 2.70. The van der Waals surface area contributed by atoms with Crippen molar-refractivity contribution >= 4 is 39.2 Å². The number of aromatic nitrogens is 2. The zero-order valence-electron chi connectivity index (χ0n) is 14.3. The van der Waals surface area contributed by atoms with Gasteiger partial charge in [-0.25, -0.2) is 4.79 Å². The number of hydrogen-bond acceptors (Lipinski definition) is 5. The number of carbonyl (C=O) groups is 1. The zero-order valence-corrected chi connectivity index (χ0v) is 16.6. The summed E-state index contributed by atoms with van der Waals surface area (Å²) in [6.45, 7) is 0.483. The van der Waals surface area contributed by atoms with E-state index in [9.17, 15) is 9.59 Å². The molecule has 1 aromatic heterocycles. The van der Waals surface area contributed by atoms with E-state index in [2.05, 4.69) is 26.3 Å². The van der Waals surface area contributed by atoms with Gasteiger partial charge < -0.3 is 10.1 Å². The van der Waals surface area contributed by atoms with Crippen molar-refractivity contribution in [1.29, 1.82) is 0 Å². The minimum atomic E-state index is -0.562. The fourth-order valence-electron chi connectivity index (χ4n) is 2.47. The molecule has 0 fully saturated rings. The number of para-hydroxylation sites is 1. The molecular weight excluding hydrogens is 434 g/mol. The maximum absolute atomic E-state index is 12.7. The Kier molecular flexibility index (Phi) is 5.93. The lowest BCUT2D eigenvalue weighted by molar-refractivity contribution is 0.0600. The molecule has 6 nitrogen and oxygen atoms in total. The fraction of sp³-hybridized carbons (Fsp3) is 0.105. The summed E-state index contributed by atoms with van der Waals surface area (Å²) in [4.78, 5) is 24.6. The van der Waals surface area contributed by atoms with E-state index in [4.69, 9.17) is 16.3 Å². The number of rotatable bonds is 5. The standard InChI is InChI=1S/C19H15BrClN3O3/c1-27-19(26)14-4-2-3-5-16(14)24-18(25)17(21)15(11-23-24)22-10-12-6-8-13(20)9-7-12/h2-9,11,22H,10H2,1H3. The number of nitrogens with one attached hydrogen (secondary N) is 1. The molecule has 138 valence electrons. The van der Waals surface area contributed by atoms with Gasteiger partial charge >= 0.3 is 5.97 Å². The van der Waals surface area contributed by atoms with Crippen LogP contribution in [0.5, 0.6) is 0 Å². The van der Waals surface area contributed by atoms with Crippen molar-refractivity contribution in [2.75, 3.05) is 12.4 Å². The summed E-state index contributed by atoms with van der Waals surface area (Å²) >= 11 is 9.63. The van der Waals surface area contributed by atoms with E-state index in [0.29, 0.717) is 17.9 Å². The second kappa shape index (κ2) is 8.37. The second-order valence-corrected chi connectivity index (χ2v) is 6.87. The number of esters is 1. The van der Waals surface area contributed by atoms with Crippen LogP contribution in [0.25, 0.3) is 5.69 Å². The van der Waals surface area contributed by atoms with Crippen LogP contribution in [0.4, 0.5) is 5.69 Å². The van der Waals surface area contributed by atoms with Crippen LogP contribution in [-0.2, 0) is 11.3 Å². The maximum atomic E-state index is 12.7. The predicted octanol–water partition coefficient (Wildman–Crippen LogP) is 4.05. The number of benzene rings is 2. The highest BCUT2D eigenvalue weighted by Crippen LogP contribution is 2.20. The first-order chi connectivity index (χ1) is 13.0. The topological polar surface area (TPSA) is 73.2 Å². The molecular formula is C19H15BrClN3O3. The number of nitrogens with zero attached hydrogens (tertiary/aromatic N) is 2. The second-order valence-electron chi connectivity index (χ2n) is 5.58. The summed E-state index contributed by atoms with van der Waals surface area (Å²) in [5.41, 5.74) is 1.43. The normalized spacial score (nSPS) is 10.5. The van der Waals surface area contributed by atoms with Crippen LogP contribution < -0.4 is 10.9 Å². The Bertz CT molecular complexity index is 1040. The molecule has 0 unspecified atom stereocenters. The molecule has 8 heteroatoms. The van der Waals surface area contributed by atoms with Crippen LogP contribution >= 0.6 is 27.5 Å². The first kappa shape index (κ1) is 19.1. The number of hydrogen-bond donors (Lipinski definition) is 1. The van der Waals surface area contributed by atoms with Crippen molar-refractivity contribution in [2.45, 2.75) is 6.54 Å². The van der Waals surface area contributed by atoms with Gasteiger partial charge in [-0.3, -0.25) is 4.79 Å². The van der Waals surface area contributed by atoms with Gasteiger partial charge in [-0.15, -0.1) is 0 Å². The van der Waals surface area contributed by atoms with Gasteiger partial charge in [0.2, 0.25) is 0 Å². The van der Waals surface area contributed by atoms with Gasteiger partial charge in [0.15, 0.2) is 0 Å². The third-order valence-corrected chi connectivity index (χ3v) is 4.75. The van der Waals surface area contributed by atoms with Crippen LogP contribution in [0.1, 0.15) is 15.9 Å². The Balaban J connectivity index is 1.91. The predicted molar refractivity (Wildman–Crippen MR) is 108 cm³/mol. The van der Waals surface area contributed by atoms with E-state index >= 15 is 0 Å². The summed E-state index contributed by atoms with van der Waals surface area (Å²) < 4.78 is 6.82. The van der Waals surface area contributed by atoms with Crippen molar-refractivity contribution in [2.24, 2.45) is 0 Å². The Morgan fingerprint density at radius 1 is 1.22 bits per heavy atom. The lowest BCUT2D eigenvalue weighted by Crippen LogP contribution is -2.24. The molecule has 0 saturated carbocycles. The summed E-state index contributed by atoms with van der Waals surface area (Å²) in [7, 11) is 1.28. The van der Waals surface area contributed by atoms with Crippen LogP contribution in [0.15, 0.2) is 64.0 Å². The molecule has 3 aromatic rings. The van der Waals surface area contributed by atoms with Crippen molar-refractivity contribution in [3.63, 3.8) is 0 Å². The van der Waals surface area contributed by atoms with Gasteiger partial charge in [-0.05, 0) is 29.8 Å². The molecule has 0 aliphatic rings. The highest BCUT2D eigenvalue weighted by atomic mass is 79.9. The van der Waals surface area contributed by atoms with Gasteiger partial charge in [0, 0.05) is 11.0 Å². The highest BCUT2D eigenvalue weighted by Gasteiger charge is 2.17. The molecule has 0 atom stereocenters. The van der Waals surface area contributed by atoms with E-state index in [1.165, 1.54) is 13.3 Å². The van der Waals surface area contributed by atoms with Crippen molar-refractivity contribution in [3.8, 4) is 5.69 Å². The van der Waals surface area contributed by atoms with Gasteiger partial charge in [-0.2, -0.15) is 9.78 Å². The maximum Gasteiger partial charge on any atom is 0.340 e. The van der Waals surface area contributed by atoms with E-state index in [1.807, 2.05) is 24.3 Å². The average molecular weight is 449 g/mol. The smallest absolute Gasteiger partial charge is 0.340 e. The number of ether oxygens (including phenoxy) is 1. The molecule has 1 N–H and O–H groups in total. The van der Waals surface area contributed by atoms with Gasteiger partial charge in [0.1, 0.15) is 5.02 Å². The Morgan fingerprint density at radius 3 is 2.63 bits per heavy atom. The monoisotopic (exact) mass is 447 g/mol. The zero-order chi connectivity index (χ0) is 19.4. The first-order valence-electron chi connectivity index (χ1n) is 7.95. The summed E-state index contributed by atoms with van der Waals surface area (Å²) in [6, 6.07) is 14.3. The first-order valence-corrected chi connectivity index (χ1v) is 9.12. The van der Waals surface area contributed by atoms with E-state index < -0.39 is 11.5 Å². The lowest BCUT2D eigenvalue weighted by atomic mass is 10.2. The molecule has 27 heavy (non-hydrogen) atoms. The molecule has 0 bridgehead atoms. The minimum Gasteiger partial charge on any atom is -0.465 e. The molecule has 0 aliphatic heterocycles. The molecule has 0 saturated heterocycles. The van der Waals surface area contributed by atoms with Crippen molar-refractivity contribution in [1.82, 2.24) is 9.78 Å². The number of halogens is 2. The van der Waals surface area contributed by atoms with Crippen LogP contribution in [0, 0.1) is 0 Å². The molecule has 1 heterocycles. The third kappa shape index (κ3) is 4.20. The largest absolute Gasteiger partial charge is 0.465 e. The van der Waals surface area contributed by atoms with E-state index in [1.54, 1.807) is 24.3 Å². The van der Waals surface area contributed by atoms with Crippen LogP contribution in [-0.4, -0.2) is 22.9 Å². The van der Waals surface area contributed by atoms with Crippen LogP contribution in [0.3, 0.4) is 0 Å². The van der Waals surface area contributed by atoms with Crippen molar-refractivity contribution in [3.05, 3.63) is 85.7 Å². The van der Waals surface area contributed by atoms with Gasteiger partial charge in [0.05, 0.1) is 30.2 Å². The van der Waals surface area contributed by atoms with E-state index in [-0.39, 0.29) is 10.6 Å². The molecule has 0 spiro atoms. The van der Waals surface area contributed by atoms with Gasteiger partial charge in [-0.1, -0.05) is 51.8 Å². The quantitative estimate of drug-likeness (QED) is 0.596. The number of anilines is 1. The lowest BCUT2D eigenvalue weighted by Gasteiger charge is -2.12. The highest BCUT2D eigenvalue weighted by molar-refractivity contribution is 9.10. The van der Waals surface area contributed by atoms with Gasteiger partial charge in [0.25, 0.3) is 5.56 Å². The van der Waals surface area contributed by atoms with E-state index in [0.717, 1.165) is 14.7 Å². The van der Waals surface area contributed by atoms with Crippen molar-refractivity contribution < 1.29 is 9.53 Å². The summed E-state index contributed by atoms with van der Waals surface area (Å²) in [5, 5.41) is 7.24. The SMILES string of the molecule is COC(=O)c1ccccc1-n1ncc(NCc2ccc(Br)cc2)c(Cl)c1=O. The Morgan fingerprint density at radius 2 is 1.93 bits per heavy atom. The summed E-state index contributed by atoms with van der Waals surface area (Å²) in [5.74, 6) is -0.562. The fourth-order valence-corrected chi connectivity index (χ4v) is 2.93. The Labute approximate surface area is 168 Å². The molecule has 0 amide bonds. The van der Waals surface area contributed by atoms with Crippen LogP contribution in [0.2, 0.25) is 5.02 Å². The molecule has 0 radical (unpaired) electrons. The Hall–Kier alpha value is -2.64. The minimum absolute atomic E-state index is 0.0122. The number of methoxy groups -OCH3 is 1.